The van der Waals surface area contributed by atoms with Crippen molar-refractivity contribution in [3.05, 3.63) is 29.8 Å². The molecule has 21 heavy (non-hydrogen) atoms. The fraction of sp³-hybridized carbons (Fsp3) is 0.533. The largest absolute Gasteiger partial charge is 0.435 e. The Balaban J connectivity index is 2.02. The van der Waals surface area contributed by atoms with E-state index in [9.17, 15) is 13.6 Å². The number of para-hydroxylation sites is 1. The van der Waals surface area contributed by atoms with Gasteiger partial charge in [0.15, 0.2) is 0 Å². The third-order valence-corrected chi connectivity index (χ3v) is 3.65. The Morgan fingerprint density at radius 1 is 1.48 bits per heavy atom. The number of alkyl halides is 2. The molecule has 6 heteroatoms. The van der Waals surface area contributed by atoms with Gasteiger partial charge in [-0.1, -0.05) is 18.2 Å². The molecule has 1 aromatic carbocycles. The van der Waals surface area contributed by atoms with E-state index in [4.69, 9.17) is 5.11 Å². The first-order valence-electron chi connectivity index (χ1n) is 6.80. The Morgan fingerprint density at radius 3 is 2.76 bits per heavy atom. The van der Waals surface area contributed by atoms with Crippen LogP contribution in [0.4, 0.5) is 8.78 Å². The molecule has 0 bridgehead atoms. The van der Waals surface area contributed by atoms with Crippen molar-refractivity contribution in [1.29, 1.82) is 0 Å². The van der Waals surface area contributed by atoms with Gasteiger partial charge in [0.2, 0.25) is 5.91 Å². The van der Waals surface area contributed by atoms with Gasteiger partial charge < -0.3 is 15.2 Å². The fourth-order valence-corrected chi connectivity index (χ4v) is 2.12. The Labute approximate surface area is 122 Å². The predicted molar refractivity (Wildman–Crippen MR) is 73.2 cm³/mol. The second-order valence-electron chi connectivity index (χ2n) is 5.88. The molecule has 0 aromatic heterocycles. The van der Waals surface area contributed by atoms with Crippen LogP contribution in [0.25, 0.3) is 0 Å². The van der Waals surface area contributed by atoms with Gasteiger partial charge in [0, 0.05) is 12.0 Å². The molecule has 1 aliphatic rings. The summed E-state index contributed by atoms with van der Waals surface area (Å²) in [5.41, 5.74) is -0.184. The lowest BCUT2D eigenvalue weighted by Crippen LogP contribution is -2.40. The normalized spacial score (nSPS) is 21.2. The van der Waals surface area contributed by atoms with Crippen LogP contribution in [0.15, 0.2) is 24.3 Å². The smallest absolute Gasteiger partial charge is 0.387 e. The lowest BCUT2D eigenvalue weighted by molar-refractivity contribution is -0.131. The summed E-state index contributed by atoms with van der Waals surface area (Å²) in [4.78, 5) is 12.0. The Bertz CT molecular complexity index is 519. The van der Waals surface area contributed by atoms with Crippen molar-refractivity contribution in [1.82, 2.24) is 5.32 Å². The summed E-state index contributed by atoms with van der Waals surface area (Å²) in [7, 11) is 0. The molecule has 0 spiro atoms. The van der Waals surface area contributed by atoms with E-state index >= 15 is 0 Å². The van der Waals surface area contributed by atoms with Crippen molar-refractivity contribution in [2.45, 2.75) is 38.8 Å². The van der Waals surface area contributed by atoms with Gasteiger partial charge in [0.25, 0.3) is 0 Å². The number of carbonyl (C=O) groups excluding carboxylic acids is 1. The molecule has 1 saturated carbocycles. The molecule has 116 valence electrons. The minimum atomic E-state index is -2.87. The molecule has 2 rings (SSSR count). The number of amides is 1. The van der Waals surface area contributed by atoms with Crippen LogP contribution in [0.1, 0.15) is 31.7 Å². The number of halogens is 2. The van der Waals surface area contributed by atoms with Crippen LogP contribution < -0.4 is 10.1 Å². The third-order valence-electron chi connectivity index (χ3n) is 3.65. The van der Waals surface area contributed by atoms with E-state index < -0.39 is 12.0 Å². The molecule has 2 N–H and O–H groups in total. The summed E-state index contributed by atoms with van der Waals surface area (Å²) in [6.07, 6.45) is 0.677. The van der Waals surface area contributed by atoms with Crippen molar-refractivity contribution >= 4 is 5.91 Å². The molecule has 2 atom stereocenters. The molecule has 1 aliphatic carbocycles. The SMILES string of the molecule is CC(C)(CO)C(=O)N[C@H]1C[C@@H]1c1ccccc1OC(F)F. The van der Waals surface area contributed by atoms with Gasteiger partial charge in [-0.05, 0) is 31.9 Å². The highest BCUT2D eigenvalue weighted by molar-refractivity contribution is 5.82. The monoisotopic (exact) mass is 299 g/mol. The van der Waals surface area contributed by atoms with Crippen LogP contribution in [0, 0.1) is 5.41 Å². The van der Waals surface area contributed by atoms with Crippen molar-refractivity contribution in [2.24, 2.45) is 5.41 Å². The van der Waals surface area contributed by atoms with E-state index in [-0.39, 0.29) is 30.2 Å². The Hall–Kier alpha value is -1.69. The van der Waals surface area contributed by atoms with E-state index in [1.54, 1.807) is 32.0 Å². The minimum Gasteiger partial charge on any atom is -0.435 e. The highest BCUT2D eigenvalue weighted by atomic mass is 19.3. The molecule has 1 aromatic rings. The first kappa shape index (κ1) is 15.7. The van der Waals surface area contributed by atoms with E-state index in [2.05, 4.69) is 10.1 Å². The van der Waals surface area contributed by atoms with Gasteiger partial charge in [-0.25, -0.2) is 0 Å². The van der Waals surface area contributed by atoms with E-state index in [0.717, 1.165) is 0 Å². The summed E-state index contributed by atoms with van der Waals surface area (Å²) in [5.74, 6) is -0.126. The number of benzene rings is 1. The van der Waals surface area contributed by atoms with Crippen LogP contribution in [0.5, 0.6) is 5.75 Å². The van der Waals surface area contributed by atoms with Crippen LogP contribution in [0.2, 0.25) is 0 Å². The van der Waals surface area contributed by atoms with Crippen LogP contribution in [0.3, 0.4) is 0 Å². The maximum absolute atomic E-state index is 12.4. The molecule has 1 amide bonds. The number of aliphatic hydroxyl groups excluding tert-OH is 1. The second kappa shape index (κ2) is 5.97. The topological polar surface area (TPSA) is 58.6 Å². The number of carbonyl (C=O) groups is 1. The number of hydrogen-bond acceptors (Lipinski definition) is 3. The van der Waals surface area contributed by atoms with E-state index in [1.807, 2.05) is 0 Å². The lowest BCUT2D eigenvalue weighted by atomic mass is 9.93. The van der Waals surface area contributed by atoms with Crippen molar-refractivity contribution < 1.29 is 23.4 Å². The number of aliphatic hydroxyl groups is 1. The minimum absolute atomic E-state index is 0.0293. The van der Waals surface area contributed by atoms with Crippen molar-refractivity contribution in [2.75, 3.05) is 6.61 Å². The second-order valence-corrected chi connectivity index (χ2v) is 5.88. The van der Waals surface area contributed by atoms with Crippen molar-refractivity contribution in [3.63, 3.8) is 0 Å². The summed E-state index contributed by atoms with van der Waals surface area (Å²) < 4.78 is 29.3. The Morgan fingerprint density at radius 2 is 2.14 bits per heavy atom. The molecule has 0 saturated heterocycles. The molecule has 0 unspecified atom stereocenters. The van der Waals surface area contributed by atoms with Gasteiger partial charge in [-0.15, -0.1) is 0 Å². The zero-order chi connectivity index (χ0) is 15.6. The van der Waals surface area contributed by atoms with Gasteiger partial charge >= 0.3 is 6.61 Å². The van der Waals surface area contributed by atoms with Crippen molar-refractivity contribution in [3.8, 4) is 5.75 Å². The maximum Gasteiger partial charge on any atom is 0.387 e. The van der Waals surface area contributed by atoms with Crippen LogP contribution in [-0.2, 0) is 4.79 Å². The molecule has 0 radical (unpaired) electrons. The zero-order valence-corrected chi connectivity index (χ0v) is 12.0. The molecular formula is C15H19F2NO3. The maximum atomic E-state index is 12.4. The molecule has 0 heterocycles. The molecule has 1 fully saturated rings. The third kappa shape index (κ3) is 3.69. The van der Waals surface area contributed by atoms with Gasteiger partial charge in [-0.2, -0.15) is 8.78 Å². The molecule has 4 nitrogen and oxygen atoms in total. The quantitative estimate of drug-likeness (QED) is 0.847. The predicted octanol–water partition coefficient (Wildman–Crippen LogP) is 2.28. The molecular weight excluding hydrogens is 280 g/mol. The van der Waals surface area contributed by atoms with Crippen LogP contribution in [-0.4, -0.2) is 30.3 Å². The highest BCUT2D eigenvalue weighted by Crippen LogP contribution is 2.45. The van der Waals surface area contributed by atoms with Gasteiger partial charge in [0.1, 0.15) is 5.75 Å². The van der Waals surface area contributed by atoms with E-state index in [1.165, 1.54) is 6.07 Å². The standard InChI is InChI=1S/C15H19F2NO3/c1-15(2,8-19)13(20)18-11-7-10(11)9-5-3-4-6-12(9)21-14(16)17/h3-6,10-11,14,19H,7-8H2,1-2H3,(H,18,20)/t10-,11+/m1/s1. The summed E-state index contributed by atoms with van der Waals surface area (Å²) in [6.45, 7) is 0.175. The number of ether oxygens (including phenoxy) is 1. The van der Waals surface area contributed by atoms with Gasteiger partial charge in [0.05, 0.1) is 12.0 Å². The average Bonchev–Trinajstić information content (AvgIpc) is 3.17. The average molecular weight is 299 g/mol. The van der Waals surface area contributed by atoms with E-state index in [0.29, 0.717) is 12.0 Å². The first-order chi connectivity index (χ1) is 9.85. The number of nitrogens with one attached hydrogen (secondary N) is 1. The summed E-state index contributed by atoms with van der Waals surface area (Å²) in [6, 6.07) is 6.50. The van der Waals surface area contributed by atoms with Crippen LogP contribution >= 0.6 is 0 Å². The first-order valence-corrected chi connectivity index (χ1v) is 6.80. The zero-order valence-electron chi connectivity index (χ0n) is 12.0. The van der Waals surface area contributed by atoms with Gasteiger partial charge in [-0.3, -0.25) is 4.79 Å². The fourth-order valence-electron chi connectivity index (χ4n) is 2.12. The Kier molecular flexibility index (Phi) is 4.46. The molecule has 0 aliphatic heterocycles. The number of rotatable bonds is 6. The summed E-state index contributed by atoms with van der Waals surface area (Å²) in [5, 5.41) is 12.0. The lowest BCUT2D eigenvalue weighted by Gasteiger charge is -2.20. The highest BCUT2D eigenvalue weighted by Gasteiger charge is 2.43. The number of hydrogen-bond donors (Lipinski definition) is 2. The summed E-state index contributed by atoms with van der Waals surface area (Å²) >= 11 is 0.